The van der Waals surface area contributed by atoms with Gasteiger partial charge in [0.05, 0.1) is 0 Å². The van der Waals surface area contributed by atoms with E-state index in [1.165, 1.54) is 12.1 Å². The Kier molecular flexibility index (Phi) is 6.81. The lowest BCUT2D eigenvalue weighted by molar-refractivity contribution is -0.274. The first-order valence-corrected chi connectivity index (χ1v) is 9.83. The molecule has 0 unspecified atom stereocenters. The summed E-state index contributed by atoms with van der Waals surface area (Å²) in [5.41, 5.74) is -2.05. The third-order valence-corrected chi connectivity index (χ3v) is 4.57. The molecule has 1 amide bonds. The highest BCUT2D eigenvalue weighted by Crippen LogP contribution is 2.29. The summed E-state index contributed by atoms with van der Waals surface area (Å²) in [6, 6.07) is 4.76. The fourth-order valence-electron chi connectivity index (χ4n) is 2.59. The van der Waals surface area contributed by atoms with E-state index in [0.717, 1.165) is 16.7 Å². The van der Waals surface area contributed by atoms with Crippen LogP contribution in [0.2, 0.25) is 0 Å². The number of carbonyl (C=O) groups is 1. The fourth-order valence-corrected chi connectivity index (χ4v) is 2.93. The Morgan fingerprint density at radius 3 is 2.69 bits per heavy atom. The van der Waals surface area contributed by atoms with Crippen molar-refractivity contribution in [2.75, 3.05) is 0 Å². The Balaban J connectivity index is 1.75. The molecule has 0 saturated carbocycles. The van der Waals surface area contributed by atoms with E-state index in [1.807, 2.05) is 0 Å². The van der Waals surface area contributed by atoms with Gasteiger partial charge in [-0.1, -0.05) is 34.1 Å². The van der Waals surface area contributed by atoms with Gasteiger partial charge in [0.2, 0.25) is 5.89 Å². The van der Waals surface area contributed by atoms with Crippen molar-refractivity contribution in [2.45, 2.75) is 32.8 Å². The summed E-state index contributed by atoms with van der Waals surface area (Å²) in [6.45, 7) is 1.15. The van der Waals surface area contributed by atoms with Crippen LogP contribution in [0.5, 0.6) is 5.75 Å². The maximum Gasteiger partial charge on any atom is 0.573 e. The lowest BCUT2D eigenvalue weighted by Gasteiger charge is -2.14. The van der Waals surface area contributed by atoms with Gasteiger partial charge in [0.15, 0.2) is 5.82 Å². The second-order valence-electron chi connectivity index (χ2n) is 6.35. The molecule has 2 heterocycles. The van der Waals surface area contributed by atoms with Crippen LogP contribution in [0.15, 0.2) is 42.9 Å². The Morgan fingerprint density at radius 2 is 2.06 bits per heavy atom. The molecule has 0 aliphatic heterocycles. The van der Waals surface area contributed by atoms with Crippen molar-refractivity contribution in [1.82, 2.24) is 25.0 Å². The zero-order chi connectivity index (χ0) is 23.5. The molecule has 0 fully saturated rings. The average Bonchev–Trinajstić information content (AvgIpc) is 3.16. The SMILES string of the molecule is CCc1noc(Cn2c(=O)cc(C(=O)NCc3ccc(Br)cc3OC(F)(F)F)[nH]c2=O)n1. The molecule has 1 aromatic carbocycles. The summed E-state index contributed by atoms with van der Waals surface area (Å²) >= 11 is 3.05. The lowest BCUT2D eigenvalue weighted by atomic mass is 10.2. The average molecular weight is 518 g/mol. The minimum Gasteiger partial charge on any atom is -0.405 e. The predicted octanol–water partition coefficient (Wildman–Crippen LogP) is 2.12. The minimum atomic E-state index is -4.93. The number of amides is 1. The molecule has 0 aliphatic rings. The van der Waals surface area contributed by atoms with E-state index in [9.17, 15) is 27.6 Å². The van der Waals surface area contributed by atoms with Crippen LogP contribution in [-0.2, 0) is 19.5 Å². The number of aromatic nitrogens is 4. The number of H-pyrrole nitrogens is 1. The van der Waals surface area contributed by atoms with Gasteiger partial charge in [0.25, 0.3) is 11.5 Å². The van der Waals surface area contributed by atoms with Crippen molar-refractivity contribution in [3.05, 3.63) is 72.5 Å². The zero-order valence-electron chi connectivity index (χ0n) is 16.3. The third-order valence-electron chi connectivity index (χ3n) is 4.08. The third kappa shape index (κ3) is 5.84. The number of carbonyl (C=O) groups excluding carboxylic acids is 1. The van der Waals surface area contributed by atoms with Gasteiger partial charge in [0.1, 0.15) is 18.0 Å². The molecular weight excluding hydrogens is 503 g/mol. The molecule has 0 radical (unpaired) electrons. The second-order valence-corrected chi connectivity index (χ2v) is 7.27. The van der Waals surface area contributed by atoms with Crippen molar-refractivity contribution in [2.24, 2.45) is 0 Å². The van der Waals surface area contributed by atoms with Crippen LogP contribution in [0.3, 0.4) is 0 Å². The number of hydrogen-bond acceptors (Lipinski definition) is 7. The summed E-state index contributed by atoms with van der Waals surface area (Å²) < 4.78 is 47.8. The van der Waals surface area contributed by atoms with Crippen molar-refractivity contribution in [3.63, 3.8) is 0 Å². The van der Waals surface area contributed by atoms with Gasteiger partial charge in [0, 0.05) is 29.1 Å². The van der Waals surface area contributed by atoms with Gasteiger partial charge in [-0.05, 0) is 12.1 Å². The summed E-state index contributed by atoms with van der Waals surface area (Å²) in [5, 5.41) is 6.00. The topological polar surface area (TPSA) is 132 Å². The smallest absolute Gasteiger partial charge is 0.405 e. The number of nitrogens with one attached hydrogen (secondary N) is 2. The molecule has 0 bridgehead atoms. The first kappa shape index (κ1) is 23.2. The molecule has 10 nitrogen and oxygen atoms in total. The molecule has 170 valence electrons. The van der Waals surface area contributed by atoms with Gasteiger partial charge >= 0.3 is 12.1 Å². The van der Waals surface area contributed by atoms with Gasteiger partial charge in [-0.2, -0.15) is 4.98 Å². The van der Waals surface area contributed by atoms with Crippen LogP contribution in [0.4, 0.5) is 13.2 Å². The van der Waals surface area contributed by atoms with Crippen LogP contribution in [0.25, 0.3) is 0 Å². The number of hydrogen-bond donors (Lipinski definition) is 2. The molecule has 0 saturated heterocycles. The number of rotatable bonds is 7. The Bertz CT molecular complexity index is 1220. The van der Waals surface area contributed by atoms with E-state index >= 15 is 0 Å². The fraction of sp³-hybridized carbons (Fsp3) is 0.278. The number of nitrogens with zero attached hydrogens (tertiary/aromatic N) is 3. The van der Waals surface area contributed by atoms with E-state index in [-0.39, 0.29) is 30.2 Å². The highest BCUT2D eigenvalue weighted by atomic mass is 79.9. The highest BCUT2D eigenvalue weighted by Gasteiger charge is 2.32. The van der Waals surface area contributed by atoms with E-state index in [1.54, 1.807) is 6.92 Å². The molecule has 2 N–H and O–H groups in total. The molecule has 14 heteroatoms. The Labute approximate surface area is 185 Å². The standard InChI is InChI=1S/C18H15BrF3N5O5/c1-2-13-25-14(32-26-13)8-27-15(28)6-11(24-17(27)30)16(29)23-7-9-3-4-10(19)5-12(9)31-18(20,21)22/h3-6H,2,7-8H2,1H3,(H,23,29)(H,24,30). The van der Waals surface area contributed by atoms with Gasteiger partial charge < -0.3 is 19.6 Å². The summed E-state index contributed by atoms with van der Waals surface area (Å²) in [7, 11) is 0. The second kappa shape index (κ2) is 9.38. The Morgan fingerprint density at radius 1 is 1.31 bits per heavy atom. The quantitative estimate of drug-likeness (QED) is 0.490. The van der Waals surface area contributed by atoms with E-state index in [2.05, 4.69) is 41.1 Å². The summed E-state index contributed by atoms with van der Waals surface area (Å²) in [6.07, 6.45) is -4.42. The summed E-state index contributed by atoms with van der Waals surface area (Å²) in [4.78, 5) is 43.1. The molecule has 0 spiro atoms. The van der Waals surface area contributed by atoms with Crippen molar-refractivity contribution in [3.8, 4) is 5.75 Å². The molecule has 0 aliphatic carbocycles. The monoisotopic (exact) mass is 517 g/mol. The number of aryl methyl sites for hydroxylation is 1. The van der Waals surface area contributed by atoms with Crippen LogP contribution >= 0.6 is 15.9 Å². The van der Waals surface area contributed by atoms with Crippen LogP contribution in [0.1, 0.15) is 34.7 Å². The normalized spacial score (nSPS) is 11.4. The number of alkyl halides is 3. The molecule has 3 aromatic rings. The maximum atomic E-state index is 12.6. The number of aromatic amines is 1. The Hall–Kier alpha value is -3.42. The van der Waals surface area contributed by atoms with Gasteiger partial charge in [-0.25, -0.2) is 4.79 Å². The largest absolute Gasteiger partial charge is 0.573 e. The van der Waals surface area contributed by atoms with E-state index < -0.39 is 29.3 Å². The maximum absolute atomic E-state index is 12.6. The van der Waals surface area contributed by atoms with Crippen molar-refractivity contribution < 1.29 is 27.2 Å². The van der Waals surface area contributed by atoms with Gasteiger partial charge in [-0.15, -0.1) is 13.2 Å². The van der Waals surface area contributed by atoms with Crippen molar-refractivity contribution >= 4 is 21.8 Å². The van der Waals surface area contributed by atoms with Gasteiger partial charge in [-0.3, -0.25) is 14.2 Å². The predicted molar refractivity (Wildman–Crippen MR) is 106 cm³/mol. The molecular formula is C18H15BrF3N5O5. The van der Waals surface area contributed by atoms with Crippen LogP contribution in [-0.4, -0.2) is 32.0 Å². The number of halogens is 4. The van der Waals surface area contributed by atoms with Crippen LogP contribution < -0.4 is 21.3 Å². The van der Waals surface area contributed by atoms with E-state index in [4.69, 9.17) is 4.52 Å². The van der Waals surface area contributed by atoms with E-state index in [0.29, 0.717) is 16.7 Å². The number of benzene rings is 1. The molecule has 3 rings (SSSR count). The first-order chi connectivity index (χ1) is 15.1. The van der Waals surface area contributed by atoms with Crippen LogP contribution in [0, 0.1) is 0 Å². The molecule has 0 atom stereocenters. The lowest BCUT2D eigenvalue weighted by Crippen LogP contribution is -2.38. The summed E-state index contributed by atoms with van der Waals surface area (Å²) in [5.74, 6) is -0.943. The minimum absolute atomic E-state index is 0.0256. The molecule has 32 heavy (non-hydrogen) atoms. The highest BCUT2D eigenvalue weighted by molar-refractivity contribution is 9.10. The zero-order valence-corrected chi connectivity index (χ0v) is 17.9. The first-order valence-electron chi connectivity index (χ1n) is 9.03. The van der Waals surface area contributed by atoms with Crippen molar-refractivity contribution in [1.29, 1.82) is 0 Å². The number of ether oxygens (including phenoxy) is 1. The molecule has 2 aromatic heterocycles.